The third-order valence-corrected chi connectivity index (χ3v) is 4.45. The fourth-order valence-corrected chi connectivity index (χ4v) is 3.46. The van der Waals surface area contributed by atoms with Gasteiger partial charge in [0.2, 0.25) is 0 Å². The summed E-state index contributed by atoms with van der Waals surface area (Å²) in [5.74, 6) is 1.26. The lowest BCUT2D eigenvalue weighted by Crippen LogP contribution is -2.22. The second-order valence-corrected chi connectivity index (χ2v) is 5.89. The predicted octanol–water partition coefficient (Wildman–Crippen LogP) is 3.93. The Kier molecular flexibility index (Phi) is 4.30. The van der Waals surface area contributed by atoms with Gasteiger partial charge in [-0.3, -0.25) is 0 Å². The van der Waals surface area contributed by atoms with Crippen LogP contribution in [0.2, 0.25) is 0 Å². The van der Waals surface area contributed by atoms with E-state index in [1.807, 2.05) is 0 Å². The largest absolute Gasteiger partial charge is 0.310 e. The van der Waals surface area contributed by atoms with Crippen LogP contribution in [0.15, 0.2) is 24.3 Å². The Morgan fingerprint density at radius 1 is 1.31 bits per heavy atom. The third-order valence-electron chi connectivity index (χ3n) is 3.22. The van der Waals surface area contributed by atoms with Gasteiger partial charge in [0, 0.05) is 11.3 Å². The van der Waals surface area contributed by atoms with Crippen molar-refractivity contribution < 1.29 is 0 Å². The molecule has 2 atom stereocenters. The van der Waals surface area contributed by atoms with Crippen LogP contribution in [-0.4, -0.2) is 12.3 Å². The van der Waals surface area contributed by atoms with Crippen LogP contribution in [0, 0.1) is 0 Å². The number of fused-ring (bicyclic) bond motifs is 1. The zero-order chi connectivity index (χ0) is 11.4. The van der Waals surface area contributed by atoms with E-state index in [-0.39, 0.29) is 0 Å². The molecule has 2 heteroatoms. The van der Waals surface area contributed by atoms with Gasteiger partial charge < -0.3 is 5.32 Å². The smallest absolute Gasteiger partial charge is 0.0331 e. The summed E-state index contributed by atoms with van der Waals surface area (Å²) in [6.45, 7) is 5.68. The highest BCUT2D eigenvalue weighted by molar-refractivity contribution is 7.99. The van der Waals surface area contributed by atoms with Gasteiger partial charge in [-0.2, -0.15) is 11.8 Å². The standard InChI is InChI=1S/C14H21NS/c1-3-9-15-14-8-10-16-11(2)12-6-4-5-7-13(12)14/h4-7,11,14-15H,3,8-10H2,1-2H3. The first-order valence-corrected chi connectivity index (χ1v) is 7.31. The first-order chi connectivity index (χ1) is 7.83. The molecule has 16 heavy (non-hydrogen) atoms. The highest BCUT2D eigenvalue weighted by Crippen LogP contribution is 2.38. The van der Waals surface area contributed by atoms with Crippen LogP contribution in [0.4, 0.5) is 0 Å². The van der Waals surface area contributed by atoms with Gasteiger partial charge in [0.05, 0.1) is 0 Å². The maximum Gasteiger partial charge on any atom is 0.0331 e. The zero-order valence-electron chi connectivity index (χ0n) is 10.2. The highest BCUT2D eigenvalue weighted by Gasteiger charge is 2.21. The van der Waals surface area contributed by atoms with Crippen LogP contribution in [0.3, 0.4) is 0 Å². The fraction of sp³-hybridized carbons (Fsp3) is 0.571. The van der Waals surface area contributed by atoms with Gasteiger partial charge in [-0.05, 0) is 43.2 Å². The maximum atomic E-state index is 3.67. The average Bonchev–Trinajstić information content (AvgIpc) is 2.47. The monoisotopic (exact) mass is 235 g/mol. The van der Waals surface area contributed by atoms with Crippen molar-refractivity contribution in [1.82, 2.24) is 5.32 Å². The molecule has 0 amide bonds. The minimum atomic E-state index is 0.564. The van der Waals surface area contributed by atoms with Gasteiger partial charge >= 0.3 is 0 Å². The van der Waals surface area contributed by atoms with Crippen LogP contribution in [0.25, 0.3) is 0 Å². The molecular formula is C14H21NS. The van der Waals surface area contributed by atoms with Crippen molar-refractivity contribution >= 4 is 11.8 Å². The Hall–Kier alpha value is -0.470. The van der Waals surface area contributed by atoms with Crippen molar-refractivity contribution in [2.75, 3.05) is 12.3 Å². The molecule has 1 aromatic carbocycles. The van der Waals surface area contributed by atoms with Gasteiger partial charge in [0.15, 0.2) is 0 Å². The molecule has 0 saturated carbocycles. The van der Waals surface area contributed by atoms with Crippen molar-refractivity contribution in [3.63, 3.8) is 0 Å². The van der Waals surface area contributed by atoms with E-state index in [1.165, 1.54) is 29.7 Å². The van der Waals surface area contributed by atoms with Gasteiger partial charge in [0.1, 0.15) is 0 Å². The normalized spacial score (nSPS) is 24.9. The molecule has 1 aliphatic rings. The minimum absolute atomic E-state index is 0.564. The zero-order valence-corrected chi connectivity index (χ0v) is 11.0. The van der Waals surface area contributed by atoms with Crippen molar-refractivity contribution in [1.29, 1.82) is 0 Å². The van der Waals surface area contributed by atoms with Crippen LogP contribution in [-0.2, 0) is 0 Å². The third kappa shape index (κ3) is 2.61. The molecule has 2 unspecified atom stereocenters. The van der Waals surface area contributed by atoms with Crippen LogP contribution in [0.5, 0.6) is 0 Å². The fourth-order valence-electron chi connectivity index (χ4n) is 2.34. The minimum Gasteiger partial charge on any atom is -0.310 e. The van der Waals surface area contributed by atoms with Crippen LogP contribution in [0.1, 0.15) is 49.1 Å². The second kappa shape index (κ2) is 5.74. The molecule has 1 aromatic rings. The highest BCUT2D eigenvalue weighted by atomic mass is 32.2. The van der Waals surface area contributed by atoms with E-state index in [1.54, 1.807) is 0 Å². The van der Waals surface area contributed by atoms with Crippen molar-refractivity contribution in [3.05, 3.63) is 35.4 Å². The SMILES string of the molecule is CCCNC1CCSC(C)c2ccccc21. The first kappa shape index (κ1) is 12.0. The van der Waals surface area contributed by atoms with Crippen molar-refractivity contribution in [3.8, 4) is 0 Å². The molecule has 0 spiro atoms. The lowest BCUT2D eigenvalue weighted by molar-refractivity contribution is 0.521. The topological polar surface area (TPSA) is 12.0 Å². The van der Waals surface area contributed by atoms with Gasteiger partial charge in [-0.1, -0.05) is 31.2 Å². The van der Waals surface area contributed by atoms with E-state index in [9.17, 15) is 0 Å². The van der Waals surface area contributed by atoms with E-state index in [2.05, 4.69) is 55.2 Å². The second-order valence-electron chi connectivity index (χ2n) is 4.44. The summed E-state index contributed by atoms with van der Waals surface area (Å²) in [6.07, 6.45) is 2.47. The Labute approximate surface area is 103 Å². The maximum absolute atomic E-state index is 3.67. The lowest BCUT2D eigenvalue weighted by atomic mass is 9.97. The molecule has 1 heterocycles. The quantitative estimate of drug-likeness (QED) is 0.852. The number of hydrogen-bond acceptors (Lipinski definition) is 2. The molecule has 1 aliphatic heterocycles. The van der Waals surface area contributed by atoms with E-state index in [0.717, 1.165) is 6.54 Å². The van der Waals surface area contributed by atoms with Gasteiger partial charge in [-0.25, -0.2) is 0 Å². The Balaban J connectivity index is 2.24. The molecule has 1 nitrogen and oxygen atoms in total. The van der Waals surface area contributed by atoms with Crippen LogP contribution < -0.4 is 5.32 Å². The Morgan fingerprint density at radius 2 is 2.06 bits per heavy atom. The summed E-state index contributed by atoms with van der Waals surface area (Å²) in [4.78, 5) is 0. The number of thioether (sulfide) groups is 1. The van der Waals surface area contributed by atoms with Crippen LogP contribution >= 0.6 is 11.8 Å². The molecule has 0 radical (unpaired) electrons. The van der Waals surface area contributed by atoms with Gasteiger partial charge in [0.25, 0.3) is 0 Å². The van der Waals surface area contributed by atoms with Crippen molar-refractivity contribution in [2.24, 2.45) is 0 Å². The Bertz CT molecular complexity index is 337. The summed E-state index contributed by atoms with van der Waals surface area (Å²) in [7, 11) is 0. The summed E-state index contributed by atoms with van der Waals surface area (Å²) in [5.41, 5.74) is 3.05. The number of rotatable bonds is 3. The van der Waals surface area contributed by atoms with E-state index in [0.29, 0.717) is 11.3 Å². The summed E-state index contributed by atoms with van der Waals surface area (Å²) < 4.78 is 0. The number of hydrogen-bond donors (Lipinski definition) is 1. The molecule has 88 valence electrons. The molecular weight excluding hydrogens is 214 g/mol. The van der Waals surface area contributed by atoms with E-state index < -0.39 is 0 Å². The summed E-state index contributed by atoms with van der Waals surface area (Å²) in [6, 6.07) is 9.48. The van der Waals surface area contributed by atoms with Gasteiger partial charge in [-0.15, -0.1) is 0 Å². The van der Waals surface area contributed by atoms with E-state index in [4.69, 9.17) is 0 Å². The van der Waals surface area contributed by atoms with Crippen molar-refractivity contribution in [2.45, 2.75) is 38.0 Å². The predicted molar refractivity (Wildman–Crippen MR) is 73.0 cm³/mol. The number of nitrogens with one attached hydrogen (secondary N) is 1. The lowest BCUT2D eigenvalue weighted by Gasteiger charge is -2.19. The number of benzene rings is 1. The molecule has 0 aromatic heterocycles. The average molecular weight is 235 g/mol. The summed E-state index contributed by atoms with van der Waals surface area (Å²) >= 11 is 2.08. The molecule has 0 fully saturated rings. The molecule has 0 aliphatic carbocycles. The van der Waals surface area contributed by atoms with E-state index >= 15 is 0 Å². The summed E-state index contributed by atoms with van der Waals surface area (Å²) in [5, 5.41) is 4.32. The molecule has 0 bridgehead atoms. The molecule has 2 rings (SSSR count). The first-order valence-electron chi connectivity index (χ1n) is 6.26. The molecule has 1 N–H and O–H groups in total. The Morgan fingerprint density at radius 3 is 2.81 bits per heavy atom. The molecule has 0 saturated heterocycles.